The number of methoxy groups -OCH3 is 2. The van der Waals surface area contributed by atoms with E-state index >= 15 is 0 Å². The number of ketones is 1. The van der Waals surface area contributed by atoms with Crippen molar-refractivity contribution in [3.8, 4) is 11.5 Å². The van der Waals surface area contributed by atoms with Crippen molar-refractivity contribution in [1.82, 2.24) is 0 Å². The largest absolute Gasteiger partial charge is 0.497 e. The number of carbonyl (C=O) groups is 2. The summed E-state index contributed by atoms with van der Waals surface area (Å²) in [6, 6.07) is 5.20. The number of carbonyl (C=O) groups excluding carboxylic acids is 2. The van der Waals surface area contributed by atoms with E-state index in [0.29, 0.717) is 11.5 Å². The third kappa shape index (κ3) is 4.99. The summed E-state index contributed by atoms with van der Waals surface area (Å²) < 4.78 is 15.0. The van der Waals surface area contributed by atoms with Crippen LogP contribution in [-0.4, -0.2) is 32.6 Å². The summed E-state index contributed by atoms with van der Waals surface area (Å²) in [5.74, 6) is 0.521. The molecule has 5 nitrogen and oxygen atoms in total. The molecule has 0 saturated carbocycles. The van der Waals surface area contributed by atoms with Crippen LogP contribution in [0, 0.1) is 0 Å². The highest BCUT2D eigenvalue weighted by Crippen LogP contribution is 2.23. The molecule has 0 amide bonds. The Labute approximate surface area is 112 Å². The van der Waals surface area contributed by atoms with Crippen molar-refractivity contribution in [2.45, 2.75) is 19.8 Å². The first kappa shape index (κ1) is 15.0. The average Bonchev–Trinajstić information content (AvgIpc) is 2.38. The van der Waals surface area contributed by atoms with Crippen molar-refractivity contribution in [3.63, 3.8) is 0 Å². The molecule has 0 spiro atoms. The fourth-order valence-corrected chi connectivity index (χ4v) is 1.63. The first-order chi connectivity index (χ1) is 9.08. The third-order valence-electron chi connectivity index (χ3n) is 2.46. The van der Waals surface area contributed by atoms with E-state index < -0.39 is 5.97 Å². The minimum Gasteiger partial charge on any atom is -0.497 e. The smallest absolute Gasteiger partial charge is 0.313 e. The maximum Gasteiger partial charge on any atom is 0.313 e. The standard InChI is InChI=1S/C14H18O5/c1-4-19-14(16)8-11(15)5-10-6-12(17-2)9-13(7-10)18-3/h6-7,9H,4-5,8H2,1-3H3. The molecule has 1 rings (SSSR count). The molecule has 1 aromatic carbocycles. The summed E-state index contributed by atoms with van der Waals surface area (Å²) in [4.78, 5) is 22.9. The number of hydrogen-bond donors (Lipinski definition) is 0. The van der Waals surface area contributed by atoms with Gasteiger partial charge in [0.2, 0.25) is 0 Å². The van der Waals surface area contributed by atoms with Crippen molar-refractivity contribution in [3.05, 3.63) is 23.8 Å². The van der Waals surface area contributed by atoms with E-state index in [-0.39, 0.29) is 25.2 Å². The van der Waals surface area contributed by atoms with Crippen molar-refractivity contribution < 1.29 is 23.8 Å². The predicted molar refractivity (Wildman–Crippen MR) is 69.5 cm³/mol. The molecule has 0 aliphatic heterocycles. The van der Waals surface area contributed by atoms with Gasteiger partial charge in [0.15, 0.2) is 0 Å². The van der Waals surface area contributed by atoms with Crippen LogP contribution in [0.2, 0.25) is 0 Å². The zero-order valence-electron chi connectivity index (χ0n) is 11.4. The number of Topliss-reactive ketones (excluding diaryl/α,β-unsaturated/α-hetero) is 1. The van der Waals surface area contributed by atoms with Gasteiger partial charge >= 0.3 is 5.97 Å². The Bertz CT molecular complexity index is 431. The molecule has 1 aromatic rings. The average molecular weight is 266 g/mol. The van der Waals surface area contributed by atoms with Crippen molar-refractivity contribution >= 4 is 11.8 Å². The second-order valence-electron chi connectivity index (χ2n) is 3.92. The zero-order valence-corrected chi connectivity index (χ0v) is 11.4. The molecule has 0 fully saturated rings. The molecule has 19 heavy (non-hydrogen) atoms. The van der Waals surface area contributed by atoms with Gasteiger partial charge in [0.05, 0.1) is 20.8 Å². The minimum absolute atomic E-state index is 0.145. The lowest BCUT2D eigenvalue weighted by molar-refractivity contribution is -0.145. The summed E-state index contributed by atoms with van der Waals surface area (Å²) in [5, 5.41) is 0. The SMILES string of the molecule is CCOC(=O)CC(=O)Cc1cc(OC)cc(OC)c1. The van der Waals surface area contributed by atoms with Gasteiger partial charge in [0, 0.05) is 12.5 Å². The molecule has 0 aromatic heterocycles. The summed E-state index contributed by atoms with van der Waals surface area (Å²) in [6.07, 6.45) is -0.0697. The number of benzene rings is 1. The Hall–Kier alpha value is -2.04. The van der Waals surface area contributed by atoms with Crippen LogP contribution in [0.5, 0.6) is 11.5 Å². The normalized spacial score (nSPS) is 9.84. The van der Waals surface area contributed by atoms with Crippen molar-refractivity contribution in [2.24, 2.45) is 0 Å². The Morgan fingerprint density at radius 2 is 1.63 bits per heavy atom. The van der Waals surface area contributed by atoms with E-state index in [1.54, 1.807) is 39.3 Å². The molecule has 0 bridgehead atoms. The second-order valence-corrected chi connectivity index (χ2v) is 3.92. The van der Waals surface area contributed by atoms with Gasteiger partial charge < -0.3 is 14.2 Å². The molecule has 5 heteroatoms. The number of ether oxygens (including phenoxy) is 3. The molecule has 0 N–H and O–H groups in total. The quantitative estimate of drug-likeness (QED) is 0.556. The molecule has 0 radical (unpaired) electrons. The molecule has 0 saturated heterocycles. The van der Waals surface area contributed by atoms with Gasteiger partial charge in [0.25, 0.3) is 0 Å². The van der Waals surface area contributed by atoms with E-state index in [2.05, 4.69) is 0 Å². The summed E-state index contributed by atoms with van der Waals surface area (Å²) >= 11 is 0. The zero-order chi connectivity index (χ0) is 14.3. The van der Waals surface area contributed by atoms with Crippen LogP contribution < -0.4 is 9.47 Å². The number of esters is 1. The van der Waals surface area contributed by atoms with Gasteiger partial charge in [-0.15, -0.1) is 0 Å². The predicted octanol–water partition coefficient (Wildman–Crippen LogP) is 1.77. The van der Waals surface area contributed by atoms with Crippen molar-refractivity contribution in [2.75, 3.05) is 20.8 Å². The van der Waals surface area contributed by atoms with E-state index in [1.807, 2.05) is 0 Å². The fraction of sp³-hybridized carbons (Fsp3) is 0.429. The van der Waals surface area contributed by atoms with E-state index in [9.17, 15) is 9.59 Å². The van der Waals surface area contributed by atoms with Crippen molar-refractivity contribution in [1.29, 1.82) is 0 Å². The number of rotatable bonds is 7. The van der Waals surface area contributed by atoms with Crippen LogP contribution in [-0.2, 0) is 20.7 Å². The van der Waals surface area contributed by atoms with E-state index in [0.717, 1.165) is 5.56 Å². The summed E-state index contributed by atoms with van der Waals surface area (Å²) in [7, 11) is 3.08. The third-order valence-corrected chi connectivity index (χ3v) is 2.46. The molecule has 0 aliphatic rings. The monoisotopic (exact) mass is 266 g/mol. The van der Waals surface area contributed by atoms with Crippen LogP contribution in [0.15, 0.2) is 18.2 Å². The molecular formula is C14H18O5. The molecule has 0 aliphatic carbocycles. The van der Waals surface area contributed by atoms with Crippen LogP contribution >= 0.6 is 0 Å². The lowest BCUT2D eigenvalue weighted by atomic mass is 10.1. The molecule has 104 valence electrons. The lowest BCUT2D eigenvalue weighted by Crippen LogP contribution is -2.13. The lowest BCUT2D eigenvalue weighted by Gasteiger charge is -2.08. The maximum atomic E-state index is 11.7. The highest BCUT2D eigenvalue weighted by Gasteiger charge is 2.12. The Morgan fingerprint density at radius 1 is 1.05 bits per heavy atom. The van der Waals surface area contributed by atoms with Gasteiger partial charge in [-0.05, 0) is 24.6 Å². The summed E-state index contributed by atoms with van der Waals surface area (Å²) in [5.41, 5.74) is 0.741. The van der Waals surface area contributed by atoms with E-state index in [1.165, 1.54) is 0 Å². The van der Waals surface area contributed by atoms with E-state index in [4.69, 9.17) is 14.2 Å². The molecular weight excluding hydrogens is 248 g/mol. The topological polar surface area (TPSA) is 61.8 Å². The van der Waals surface area contributed by atoms with Gasteiger partial charge in [-0.2, -0.15) is 0 Å². The Kier molecular flexibility index (Phi) is 5.85. The van der Waals surface area contributed by atoms with Gasteiger partial charge in [-0.25, -0.2) is 0 Å². The molecule has 0 heterocycles. The number of hydrogen-bond acceptors (Lipinski definition) is 5. The van der Waals surface area contributed by atoms with Gasteiger partial charge in [-0.1, -0.05) is 0 Å². The second kappa shape index (κ2) is 7.41. The molecule has 0 atom stereocenters. The van der Waals surface area contributed by atoms with Crippen LogP contribution in [0.3, 0.4) is 0 Å². The highest BCUT2D eigenvalue weighted by molar-refractivity contribution is 5.96. The van der Waals surface area contributed by atoms with Crippen LogP contribution in [0.4, 0.5) is 0 Å². The first-order valence-electron chi connectivity index (χ1n) is 5.98. The van der Waals surface area contributed by atoms with Gasteiger partial charge in [-0.3, -0.25) is 9.59 Å². The molecule has 0 unspecified atom stereocenters. The van der Waals surface area contributed by atoms with Crippen LogP contribution in [0.1, 0.15) is 18.9 Å². The van der Waals surface area contributed by atoms with Gasteiger partial charge in [0.1, 0.15) is 23.7 Å². The Morgan fingerprint density at radius 3 is 2.11 bits per heavy atom. The summed E-state index contributed by atoms with van der Waals surface area (Å²) in [6.45, 7) is 1.98. The fourth-order valence-electron chi connectivity index (χ4n) is 1.63. The highest BCUT2D eigenvalue weighted by atomic mass is 16.5. The Balaban J connectivity index is 2.70. The maximum absolute atomic E-state index is 11.7. The first-order valence-corrected chi connectivity index (χ1v) is 5.98. The van der Waals surface area contributed by atoms with Crippen LogP contribution in [0.25, 0.3) is 0 Å². The minimum atomic E-state index is -0.498.